The first kappa shape index (κ1) is 11.5. The molecule has 3 N–H and O–H groups in total. The maximum Gasteiger partial charge on any atom is 0.236 e. The molecule has 0 fully saturated rings. The first-order valence-electron chi connectivity index (χ1n) is 4.88. The van der Waals surface area contributed by atoms with Crippen LogP contribution >= 0.6 is 0 Å². The van der Waals surface area contributed by atoms with Crippen LogP contribution in [0.4, 0.5) is 5.69 Å². The van der Waals surface area contributed by atoms with Gasteiger partial charge in [-0.1, -0.05) is 12.2 Å². The topological polar surface area (TPSA) is 60.2 Å². The van der Waals surface area contributed by atoms with Crippen LogP contribution in [0.15, 0.2) is 18.3 Å². The Balaban J connectivity index is 2.63. The van der Waals surface area contributed by atoms with Crippen molar-refractivity contribution in [1.82, 2.24) is 10.3 Å². The summed E-state index contributed by atoms with van der Waals surface area (Å²) < 4.78 is 4.97. The van der Waals surface area contributed by atoms with Crippen LogP contribution in [0.5, 0.6) is 5.88 Å². The summed E-state index contributed by atoms with van der Waals surface area (Å²) in [6.45, 7) is 0.968. The zero-order valence-corrected chi connectivity index (χ0v) is 9.16. The van der Waals surface area contributed by atoms with Gasteiger partial charge in [-0.3, -0.25) is 0 Å². The highest BCUT2D eigenvalue weighted by molar-refractivity contribution is 5.58. The third kappa shape index (κ3) is 3.59. The van der Waals surface area contributed by atoms with Crippen molar-refractivity contribution in [3.8, 4) is 5.88 Å². The minimum atomic E-state index is 0.474. The Labute approximate surface area is 90.2 Å². The number of nitrogens with one attached hydrogen (secondary N) is 1. The molecule has 0 radical (unpaired) electrons. The summed E-state index contributed by atoms with van der Waals surface area (Å²) in [5, 5.41) is 3.07. The molecule has 15 heavy (non-hydrogen) atoms. The van der Waals surface area contributed by atoms with Gasteiger partial charge < -0.3 is 15.8 Å². The van der Waals surface area contributed by atoms with E-state index in [9.17, 15) is 0 Å². The van der Waals surface area contributed by atoms with Crippen molar-refractivity contribution in [2.24, 2.45) is 0 Å². The molecule has 0 spiro atoms. The van der Waals surface area contributed by atoms with E-state index < -0.39 is 0 Å². The number of aromatic nitrogens is 1. The molecule has 4 heteroatoms. The fourth-order valence-corrected chi connectivity index (χ4v) is 1.20. The van der Waals surface area contributed by atoms with Gasteiger partial charge in [0.05, 0.1) is 12.8 Å². The van der Waals surface area contributed by atoms with Crippen molar-refractivity contribution in [3.05, 3.63) is 23.9 Å². The fourth-order valence-electron chi connectivity index (χ4n) is 1.20. The van der Waals surface area contributed by atoms with Crippen LogP contribution in [-0.2, 0) is 0 Å². The van der Waals surface area contributed by atoms with Gasteiger partial charge in [0.15, 0.2) is 0 Å². The molecule has 0 aliphatic carbocycles. The molecule has 1 rings (SSSR count). The van der Waals surface area contributed by atoms with Gasteiger partial charge in [-0.25, -0.2) is 4.98 Å². The van der Waals surface area contributed by atoms with Crippen LogP contribution < -0.4 is 15.8 Å². The molecule has 1 aromatic heterocycles. The summed E-state index contributed by atoms with van der Waals surface area (Å²) in [5.74, 6) is 0.474. The molecular weight excluding hydrogens is 190 g/mol. The molecule has 0 amide bonds. The fraction of sp³-hybridized carbons (Fsp3) is 0.364. The number of pyridine rings is 1. The lowest BCUT2D eigenvalue weighted by Gasteiger charge is -2.02. The van der Waals surface area contributed by atoms with Crippen LogP contribution in [0.3, 0.4) is 0 Å². The number of ether oxygens (including phenoxy) is 1. The second-order valence-corrected chi connectivity index (χ2v) is 3.16. The summed E-state index contributed by atoms with van der Waals surface area (Å²) in [6.07, 6.45) is 6.81. The number of hydrogen-bond donors (Lipinski definition) is 2. The highest BCUT2D eigenvalue weighted by Gasteiger charge is 1.99. The highest BCUT2D eigenvalue weighted by atomic mass is 16.5. The predicted molar refractivity (Wildman–Crippen MR) is 62.8 cm³/mol. The monoisotopic (exact) mass is 207 g/mol. The predicted octanol–water partition coefficient (Wildman–Crippen LogP) is 1.30. The Morgan fingerprint density at radius 2 is 2.40 bits per heavy atom. The van der Waals surface area contributed by atoms with Crippen molar-refractivity contribution in [2.75, 3.05) is 26.4 Å². The second-order valence-electron chi connectivity index (χ2n) is 3.16. The molecule has 1 aromatic rings. The Hall–Kier alpha value is -1.55. The minimum absolute atomic E-state index is 0.474. The number of nitrogen functional groups attached to an aromatic ring is 1. The van der Waals surface area contributed by atoms with Crippen molar-refractivity contribution in [1.29, 1.82) is 0 Å². The van der Waals surface area contributed by atoms with Crippen LogP contribution in [0.2, 0.25) is 0 Å². The van der Waals surface area contributed by atoms with Crippen LogP contribution in [0.1, 0.15) is 12.0 Å². The normalized spacial score (nSPS) is 10.8. The molecule has 0 aromatic carbocycles. The lowest BCUT2D eigenvalue weighted by molar-refractivity contribution is 0.400. The van der Waals surface area contributed by atoms with E-state index in [0.717, 1.165) is 18.5 Å². The number of anilines is 1. The zero-order valence-electron chi connectivity index (χ0n) is 9.16. The highest BCUT2D eigenvalue weighted by Crippen LogP contribution is 2.18. The molecule has 0 saturated carbocycles. The summed E-state index contributed by atoms with van der Waals surface area (Å²) in [6, 6.07) is 1.85. The quantitative estimate of drug-likeness (QED) is 0.714. The van der Waals surface area contributed by atoms with E-state index in [0.29, 0.717) is 11.6 Å². The Kier molecular flexibility index (Phi) is 4.63. The van der Waals surface area contributed by atoms with E-state index in [1.807, 2.05) is 19.2 Å². The van der Waals surface area contributed by atoms with E-state index in [2.05, 4.69) is 16.4 Å². The van der Waals surface area contributed by atoms with Crippen LogP contribution in [-0.4, -0.2) is 25.7 Å². The van der Waals surface area contributed by atoms with E-state index >= 15 is 0 Å². The van der Waals surface area contributed by atoms with Gasteiger partial charge in [-0.15, -0.1) is 0 Å². The Morgan fingerprint density at radius 1 is 1.60 bits per heavy atom. The first-order valence-corrected chi connectivity index (χ1v) is 4.88. The van der Waals surface area contributed by atoms with Gasteiger partial charge in [-0.05, 0) is 31.6 Å². The molecule has 0 aliphatic rings. The van der Waals surface area contributed by atoms with Crippen LogP contribution in [0, 0.1) is 0 Å². The number of nitrogens with two attached hydrogens (primary N) is 1. The van der Waals surface area contributed by atoms with Gasteiger partial charge in [0.25, 0.3) is 0 Å². The summed E-state index contributed by atoms with van der Waals surface area (Å²) in [4.78, 5) is 4.08. The third-order valence-corrected chi connectivity index (χ3v) is 1.96. The smallest absolute Gasteiger partial charge is 0.236 e. The summed E-state index contributed by atoms with van der Waals surface area (Å²) in [7, 11) is 3.49. The number of nitrogens with zero attached hydrogens (tertiary/aromatic N) is 1. The lowest BCUT2D eigenvalue weighted by atomic mass is 10.2. The molecule has 0 atom stereocenters. The Morgan fingerprint density at radius 3 is 3.00 bits per heavy atom. The standard InChI is InChI=1S/C11H17N3O/c1-13-6-4-3-5-9-7-10(12)11(15-2)14-8-9/h3,5,7-8,13H,4,6,12H2,1-2H3. The van der Waals surface area contributed by atoms with Crippen LogP contribution in [0.25, 0.3) is 6.08 Å². The largest absolute Gasteiger partial charge is 0.480 e. The molecule has 0 bridgehead atoms. The average molecular weight is 207 g/mol. The summed E-state index contributed by atoms with van der Waals surface area (Å²) in [5.41, 5.74) is 7.28. The average Bonchev–Trinajstić information content (AvgIpc) is 2.25. The first-order chi connectivity index (χ1) is 7.27. The lowest BCUT2D eigenvalue weighted by Crippen LogP contribution is -2.05. The maximum absolute atomic E-state index is 5.73. The Bertz CT molecular complexity index is 337. The van der Waals surface area contributed by atoms with Crippen molar-refractivity contribution >= 4 is 11.8 Å². The van der Waals surface area contributed by atoms with Crippen molar-refractivity contribution in [2.45, 2.75) is 6.42 Å². The molecule has 0 unspecified atom stereocenters. The van der Waals surface area contributed by atoms with Gasteiger partial charge in [0, 0.05) is 6.20 Å². The molecule has 4 nitrogen and oxygen atoms in total. The SMILES string of the molecule is CNCCC=Cc1cnc(OC)c(N)c1. The van der Waals surface area contributed by atoms with Gasteiger partial charge in [-0.2, -0.15) is 0 Å². The second kappa shape index (κ2) is 6.03. The van der Waals surface area contributed by atoms with E-state index in [-0.39, 0.29) is 0 Å². The van der Waals surface area contributed by atoms with Crippen molar-refractivity contribution in [3.63, 3.8) is 0 Å². The molecule has 0 aliphatic heterocycles. The minimum Gasteiger partial charge on any atom is -0.480 e. The van der Waals surface area contributed by atoms with E-state index in [1.54, 1.807) is 13.3 Å². The van der Waals surface area contributed by atoms with Crippen molar-refractivity contribution < 1.29 is 4.74 Å². The number of rotatable bonds is 5. The molecule has 0 saturated heterocycles. The van der Waals surface area contributed by atoms with Gasteiger partial charge in [0.2, 0.25) is 5.88 Å². The van der Waals surface area contributed by atoms with E-state index in [1.165, 1.54) is 0 Å². The third-order valence-electron chi connectivity index (χ3n) is 1.96. The number of hydrogen-bond acceptors (Lipinski definition) is 4. The maximum atomic E-state index is 5.73. The van der Waals surface area contributed by atoms with E-state index in [4.69, 9.17) is 10.5 Å². The number of methoxy groups -OCH3 is 1. The molecule has 82 valence electrons. The van der Waals surface area contributed by atoms with Gasteiger partial charge >= 0.3 is 0 Å². The molecular formula is C11H17N3O. The zero-order chi connectivity index (χ0) is 11.1. The summed E-state index contributed by atoms with van der Waals surface area (Å²) >= 11 is 0. The molecule has 1 heterocycles. The van der Waals surface area contributed by atoms with Gasteiger partial charge in [0.1, 0.15) is 0 Å².